The molecule has 2 heterocycles. The van der Waals surface area contributed by atoms with Gasteiger partial charge in [0.05, 0.1) is 18.1 Å². The lowest BCUT2D eigenvalue weighted by atomic mass is 9.90. The van der Waals surface area contributed by atoms with E-state index >= 15 is 0 Å². The summed E-state index contributed by atoms with van der Waals surface area (Å²) in [6.45, 7) is 3.82. The Morgan fingerprint density at radius 2 is 2.28 bits per heavy atom. The van der Waals surface area contributed by atoms with Crippen molar-refractivity contribution in [3.8, 4) is 5.75 Å². The number of hydrogen-bond donors (Lipinski definition) is 0. The largest absolute Gasteiger partial charge is 0.493 e. The summed E-state index contributed by atoms with van der Waals surface area (Å²) in [7, 11) is 0. The SMILES string of the molecule is CCC1OCCC1C(Cl)c1ccc2c(c1)CCO2. The van der Waals surface area contributed by atoms with Crippen molar-refractivity contribution in [3.63, 3.8) is 0 Å². The fourth-order valence-electron chi connectivity index (χ4n) is 3.05. The predicted molar refractivity (Wildman–Crippen MR) is 72.4 cm³/mol. The highest BCUT2D eigenvalue weighted by Crippen LogP contribution is 2.40. The molecule has 1 saturated heterocycles. The van der Waals surface area contributed by atoms with Gasteiger partial charge in [-0.2, -0.15) is 0 Å². The maximum absolute atomic E-state index is 6.67. The molecule has 2 aliphatic heterocycles. The average molecular weight is 267 g/mol. The molecule has 1 fully saturated rings. The van der Waals surface area contributed by atoms with E-state index in [0.717, 1.165) is 38.2 Å². The van der Waals surface area contributed by atoms with Gasteiger partial charge in [-0.25, -0.2) is 0 Å². The number of alkyl halides is 1. The van der Waals surface area contributed by atoms with Crippen LogP contribution >= 0.6 is 11.6 Å². The zero-order chi connectivity index (χ0) is 12.5. The molecule has 0 radical (unpaired) electrons. The summed E-state index contributed by atoms with van der Waals surface area (Å²) in [4.78, 5) is 0. The number of rotatable bonds is 3. The Balaban J connectivity index is 1.81. The summed E-state index contributed by atoms with van der Waals surface area (Å²) < 4.78 is 11.3. The van der Waals surface area contributed by atoms with E-state index in [-0.39, 0.29) is 5.38 Å². The third kappa shape index (κ3) is 2.12. The minimum Gasteiger partial charge on any atom is -0.493 e. The molecular formula is C15H19ClO2. The first-order chi connectivity index (χ1) is 8.79. The fourth-order valence-corrected chi connectivity index (χ4v) is 3.47. The summed E-state index contributed by atoms with van der Waals surface area (Å²) in [5.74, 6) is 1.47. The summed E-state index contributed by atoms with van der Waals surface area (Å²) in [6, 6.07) is 6.38. The van der Waals surface area contributed by atoms with Crippen molar-refractivity contribution < 1.29 is 9.47 Å². The Labute approximate surface area is 113 Å². The highest BCUT2D eigenvalue weighted by molar-refractivity contribution is 6.21. The zero-order valence-electron chi connectivity index (χ0n) is 10.7. The van der Waals surface area contributed by atoms with Crippen molar-refractivity contribution in [3.05, 3.63) is 29.3 Å². The molecule has 3 heteroatoms. The van der Waals surface area contributed by atoms with Gasteiger partial charge in [0.2, 0.25) is 0 Å². The molecule has 3 unspecified atom stereocenters. The molecule has 0 bridgehead atoms. The van der Waals surface area contributed by atoms with Crippen molar-refractivity contribution in [2.75, 3.05) is 13.2 Å². The van der Waals surface area contributed by atoms with Crippen LogP contribution in [0.5, 0.6) is 5.75 Å². The van der Waals surface area contributed by atoms with Crippen LogP contribution in [-0.2, 0) is 11.2 Å². The Morgan fingerprint density at radius 3 is 3.11 bits per heavy atom. The van der Waals surface area contributed by atoms with E-state index in [1.165, 1.54) is 11.1 Å². The molecule has 1 aromatic carbocycles. The van der Waals surface area contributed by atoms with Crippen LogP contribution in [0.1, 0.15) is 36.3 Å². The summed E-state index contributed by atoms with van der Waals surface area (Å²) in [6.07, 6.45) is 3.44. The second-order valence-electron chi connectivity index (χ2n) is 5.14. The lowest BCUT2D eigenvalue weighted by Crippen LogP contribution is -2.19. The molecule has 2 aliphatic rings. The lowest BCUT2D eigenvalue weighted by molar-refractivity contribution is 0.0864. The smallest absolute Gasteiger partial charge is 0.122 e. The molecule has 3 rings (SSSR count). The highest BCUT2D eigenvalue weighted by atomic mass is 35.5. The van der Waals surface area contributed by atoms with Crippen molar-refractivity contribution in [1.29, 1.82) is 0 Å². The van der Waals surface area contributed by atoms with Crippen molar-refractivity contribution in [1.82, 2.24) is 0 Å². The average Bonchev–Trinajstić information content (AvgIpc) is 3.05. The van der Waals surface area contributed by atoms with E-state index in [4.69, 9.17) is 21.1 Å². The normalized spacial score (nSPS) is 27.9. The van der Waals surface area contributed by atoms with Gasteiger partial charge in [0.1, 0.15) is 5.75 Å². The first-order valence-corrected chi connectivity index (χ1v) is 7.24. The van der Waals surface area contributed by atoms with Crippen LogP contribution in [0, 0.1) is 5.92 Å². The second-order valence-corrected chi connectivity index (χ2v) is 5.61. The molecule has 0 aromatic heterocycles. The first-order valence-electron chi connectivity index (χ1n) is 6.81. The zero-order valence-corrected chi connectivity index (χ0v) is 11.5. The van der Waals surface area contributed by atoms with E-state index in [1.54, 1.807) is 0 Å². The van der Waals surface area contributed by atoms with E-state index < -0.39 is 0 Å². The summed E-state index contributed by atoms with van der Waals surface area (Å²) >= 11 is 6.67. The Bertz CT molecular complexity index is 433. The van der Waals surface area contributed by atoms with Gasteiger partial charge < -0.3 is 9.47 Å². The minimum absolute atomic E-state index is 0.0587. The standard InChI is InChI=1S/C15H19ClO2/c1-2-13-12(6-8-17-13)15(16)11-3-4-14-10(9-11)5-7-18-14/h3-4,9,12-13,15H,2,5-8H2,1H3. The van der Waals surface area contributed by atoms with Gasteiger partial charge >= 0.3 is 0 Å². The summed E-state index contributed by atoms with van der Waals surface area (Å²) in [5, 5.41) is 0.0587. The molecular weight excluding hydrogens is 248 g/mol. The molecule has 18 heavy (non-hydrogen) atoms. The quantitative estimate of drug-likeness (QED) is 0.777. The number of benzene rings is 1. The molecule has 0 saturated carbocycles. The van der Waals surface area contributed by atoms with E-state index in [1.807, 2.05) is 0 Å². The van der Waals surface area contributed by atoms with E-state index in [0.29, 0.717) is 12.0 Å². The number of hydrogen-bond acceptors (Lipinski definition) is 2. The van der Waals surface area contributed by atoms with Crippen LogP contribution in [0.15, 0.2) is 18.2 Å². The molecule has 1 aromatic rings. The minimum atomic E-state index is 0.0587. The summed E-state index contributed by atoms with van der Waals surface area (Å²) in [5.41, 5.74) is 2.51. The first kappa shape index (κ1) is 12.3. The third-order valence-electron chi connectivity index (χ3n) is 4.07. The molecule has 0 amide bonds. The third-order valence-corrected chi connectivity index (χ3v) is 4.65. The van der Waals surface area contributed by atoms with Gasteiger partial charge in [-0.15, -0.1) is 11.6 Å². The van der Waals surface area contributed by atoms with Crippen LogP contribution in [0.25, 0.3) is 0 Å². The molecule has 3 atom stereocenters. The van der Waals surface area contributed by atoms with Gasteiger partial charge in [-0.3, -0.25) is 0 Å². The lowest BCUT2D eigenvalue weighted by Gasteiger charge is -2.22. The molecule has 2 nitrogen and oxygen atoms in total. The van der Waals surface area contributed by atoms with Crippen molar-refractivity contribution in [2.24, 2.45) is 5.92 Å². The Hall–Kier alpha value is -0.730. The molecule has 98 valence electrons. The van der Waals surface area contributed by atoms with Gasteiger partial charge in [0, 0.05) is 18.9 Å². The number of halogens is 1. The molecule has 0 spiro atoms. The van der Waals surface area contributed by atoms with Crippen LogP contribution in [0.3, 0.4) is 0 Å². The highest BCUT2D eigenvalue weighted by Gasteiger charge is 2.33. The van der Waals surface area contributed by atoms with Gasteiger partial charge in [-0.05, 0) is 30.0 Å². The van der Waals surface area contributed by atoms with Crippen LogP contribution in [0.4, 0.5) is 0 Å². The fraction of sp³-hybridized carbons (Fsp3) is 0.600. The van der Waals surface area contributed by atoms with Gasteiger partial charge in [-0.1, -0.05) is 19.1 Å². The van der Waals surface area contributed by atoms with Crippen molar-refractivity contribution in [2.45, 2.75) is 37.7 Å². The number of fused-ring (bicyclic) bond motifs is 1. The Morgan fingerprint density at radius 1 is 1.39 bits per heavy atom. The van der Waals surface area contributed by atoms with Crippen LogP contribution in [-0.4, -0.2) is 19.3 Å². The van der Waals surface area contributed by atoms with Gasteiger partial charge in [0.25, 0.3) is 0 Å². The monoisotopic (exact) mass is 266 g/mol. The Kier molecular flexibility index (Phi) is 3.49. The van der Waals surface area contributed by atoms with Crippen LogP contribution < -0.4 is 4.74 Å². The maximum Gasteiger partial charge on any atom is 0.122 e. The van der Waals surface area contributed by atoms with E-state index in [2.05, 4.69) is 25.1 Å². The van der Waals surface area contributed by atoms with Crippen molar-refractivity contribution >= 4 is 11.6 Å². The maximum atomic E-state index is 6.67. The topological polar surface area (TPSA) is 18.5 Å². The van der Waals surface area contributed by atoms with E-state index in [9.17, 15) is 0 Å². The van der Waals surface area contributed by atoms with Crippen LogP contribution in [0.2, 0.25) is 0 Å². The van der Waals surface area contributed by atoms with Gasteiger partial charge in [0.15, 0.2) is 0 Å². The number of ether oxygens (including phenoxy) is 2. The second kappa shape index (κ2) is 5.10. The molecule has 0 N–H and O–H groups in total. The molecule has 0 aliphatic carbocycles. The predicted octanol–water partition coefficient (Wildman–Crippen LogP) is 3.72.